The third-order valence-corrected chi connectivity index (χ3v) is 3.48. The van der Waals surface area contributed by atoms with E-state index >= 15 is 0 Å². The van der Waals surface area contributed by atoms with Crippen molar-refractivity contribution in [2.75, 3.05) is 0 Å². The molecule has 0 N–H and O–H groups in total. The molecule has 1 aromatic carbocycles. The van der Waals surface area contributed by atoms with Gasteiger partial charge in [-0.1, -0.05) is 12.1 Å². The van der Waals surface area contributed by atoms with Crippen molar-refractivity contribution in [3.63, 3.8) is 0 Å². The van der Waals surface area contributed by atoms with Crippen LogP contribution in [0, 0.1) is 16.0 Å². The van der Waals surface area contributed by atoms with E-state index in [1.807, 2.05) is 0 Å². The Morgan fingerprint density at radius 3 is 2.55 bits per heavy atom. The molecule has 1 aliphatic rings. The van der Waals surface area contributed by atoms with Gasteiger partial charge in [0, 0.05) is 29.6 Å². The Balaban J connectivity index is 2.10. The summed E-state index contributed by atoms with van der Waals surface area (Å²) in [6, 6.07) is 6.72. The van der Waals surface area contributed by atoms with Crippen LogP contribution in [0.25, 0.3) is 0 Å². The van der Waals surface area contributed by atoms with Gasteiger partial charge in [0.05, 0.1) is 4.92 Å². The monoisotopic (exact) mass is 296 g/mol. The summed E-state index contributed by atoms with van der Waals surface area (Å²) in [5, 5.41) is 11.0. The number of hydrogen-bond donors (Lipinski definition) is 0. The second-order valence-corrected chi connectivity index (χ2v) is 4.72. The first kappa shape index (κ1) is 13.7. The SMILES string of the molecule is O=C(c1cccnc1)C1C(=O)c2cccc([N+](=O)[O-])c2C1=O. The second kappa shape index (κ2) is 4.96. The van der Waals surface area contributed by atoms with Gasteiger partial charge in [-0.2, -0.15) is 0 Å². The molecule has 0 bridgehead atoms. The topological polar surface area (TPSA) is 107 Å². The number of rotatable bonds is 3. The Morgan fingerprint density at radius 2 is 1.91 bits per heavy atom. The molecule has 2 aromatic rings. The maximum absolute atomic E-state index is 12.4. The lowest BCUT2D eigenvalue weighted by Gasteiger charge is -2.05. The molecule has 0 aliphatic heterocycles. The van der Waals surface area contributed by atoms with Crippen LogP contribution in [-0.4, -0.2) is 27.3 Å². The molecular formula is C15H8N2O5. The van der Waals surface area contributed by atoms with Crippen molar-refractivity contribution < 1.29 is 19.3 Å². The Morgan fingerprint density at radius 1 is 1.14 bits per heavy atom. The molecule has 22 heavy (non-hydrogen) atoms. The Labute approximate surface area is 123 Å². The van der Waals surface area contributed by atoms with Crippen LogP contribution < -0.4 is 0 Å². The summed E-state index contributed by atoms with van der Waals surface area (Å²) < 4.78 is 0. The lowest BCUT2D eigenvalue weighted by molar-refractivity contribution is -0.385. The van der Waals surface area contributed by atoms with Crippen LogP contribution in [-0.2, 0) is 0 Å². The lowest BCUT2D eigenvalue weighted by atomic mass is 9.94. The van der Waals surface area contributed by atoms with Gasteiger partial charge in [0.1, 0.15) is 11.5 Å². The molecule has 0 saturated carbocycles. The van der Waals surface area contributed by atoms with E-state index < -0.39 is 33.9 Å². The van der Waals surface area contributed by atoms with E-state index in [0.717, 1.165) is 6.07 Å². The van der Waals surface area contributed by atoms with Gasteiger partial charge in [0.25, 0.3) is 5.69 Å². The fraction of sp³-hybridized carbons (Fsp3) is 0.0667. The summed E-state index contributed by atoms with van der Waals surface area (Å²) in [7, 11) is 0. The molecule has 1 unspecified atom stereocenters. The quantitative estimate of drug-likeness (QED) is 0.370. The highest BCUT2D eigenvalue weighted by Crippen LogP contribution is 2.34. The first-order valence-corrected chi connectivity index (χ1v) is 6.32. The predicted molar refractivity (Wildman–Crippen MR) is 73.8 cm³/mol. The van der Waals surface area contributed by atoms with Crippen LogP contribution in [0.2, 0.25) is 0 Å². The highest BCUT2D eigenvalue weighted by molar-refractivity contribution is 6.38. The standard InChI is InChI=1S/C15H8N2O5/c18-13(8-3-2-6-16-7-8)12-14(19)9-4-1-5-10(17(21)22)11(9)15(12)20/h1-7,12H. The fourth-order valence-corrected chi connectivity index (χ4v) is 2.49. The molecule has 7 heteroatoms. The third-order valence-electron chi connectivity index (χ3n) is 3.48. The van der Waals surface area contributed by atoms with Crippen LogP contribution in [0.3, 0.4) is 0 Å². The number of Topliss-reactive ketones (excluding diaryl/α,β-unsaturated/α-hetero) is 3. The van der Waals surface area contributed by atoms with Gasteiger partial charge in [0.2, 0.25) is 0 Å². The number of aromatic nitrogens is 1. The van der Waals surface area contributed by atoms with Gasteiger partial charge in [-0.05, 0) is 12.1 Å². The molecular weight excluding hydrogens is 288 g/mol. The van der Waals surface area contributed by atoms with Crippen molar-refractivity contribution in [3.05, 3.63) is 69.5 Å². The van der Waals surface area contributed by atoms with Crippen molar-refractivity contribution in [1.29, 1.82) is 0 Å². The molecule has 0 radical (unpaired) electrons. The lowest BCUT2D eigenvalue weighted by Crippen LogP contribution is -2.25. The van der Waals surface area contributed by atoms with E-state index in [0.29, 0.717) is 0 Å². The number of carbonyl (C=O) groups excluding carboxylic acids is 3. The zero-order chi connectivity index (χ0) is 15.9. The number of pyridine rings is 1. The number of fused-ring (bicyclic) bond motifs is 1. The molecule has 1 aromatic heterocycles. The zero-order valence-electron chi connectivity index (χ0n) is 11.1. The third kappa shape index (κ3) is 1.91. The predicted octanol–water partition coefficient (Wildman–Crippen LogP) is 1.87. The summed E-state index contributed by atoms with van der Waals surface area (Å²) in [4.78, 5) is 51.1. The van der Waals surface area contributed by atoms with E-state index in [1.165, 1.54) is 36.7 Å². The highest BCUT2D eigenvalue weighted by atomic mass is 16.6. The van der Waals surface area contributed by atoms with Gasteiger partial charge in [-0.25, -0.2) is 0 Å². The van der Waals surface area contributed by atoms with Crippen LogP contribution in [0.15, 0.2) is 42.7 Å². The fourth-order valence-electron chi connectivity index (χ4n) is 2.49. The van der Waals surface area contributed by atoms with Crippen LogP contribution in [0.5, 0.6) is 0 Å². The minimum atomic E-state index is -1.57. The summed E-state index contributed by atoms with van der Waals surface area (Å²) in [5.74, 6) is -3.81. The van der Waals surface area contributed by atoms with Gasteiger partial charge in [0.15, 0.2) is 17.3 Å². The summed E-state index contributed by atoms with van der Waals surface area (Å²) in [6.45, 7) is 0. The maximum atomic E-state index is 12.4. The molecule has 1 atom stereocenters. The Kier molecular flexibility index (Phi) is 3.10. The molecule has 0 fully saturated rings. The molecule has 3 rings (SSSR count). The number of hydrogen-bond acceptors (Lipinski definition) is 6. The number of nitrogens with zero attached hydrogens (tertiary/aromatic N) is 2. The van der Waals surface area contributed by atoms with Crippen LogP contribution in [0.1, 0.15) is 31.1 Å². The summed E-state index contributed by atoms with van der Waals surface area (Å²) in [5.41, 5.74) is -0.719. The van der Waals surface area contributed by atoms with E-state index in [4.69, 9.17) is 0 Å². The average Bonchev–Trinajstić information content (AvgIpc) is 2.79. The smallest absolute Gasteiger partial charge is 0.280 e. The molecule has 1 heterocycles. The van der Waals surface area contributed by atoms with Gasteiger partial charge in [-0.15, -0.1) is 0 Å². The normalized spacial score (nSPS) is 16.5. The Hall–Kier alpha value is -3.22. The van der Waals surface area contributed by atoms with Crippen molar-refractivity contribution in [1.82, 2.24) is 4.98 Å². The van der Waals surface area contributed by atoms with Gasteiger partial charge in [-0.3, -0.25) is 29.5 Å². The molecule has 108 valence electrons. The van der Waals surface area contributed by atoms with Crippen LogP contribution >= 0.6 is 0 Å². The van der Waals surface area contributed by atoms with Crippen LogP contribution in [0.4, 0.5) is 5.69 Å². The van der Waals surface area contributed by atoms with E-state index in [2.05, 4.69) is 4.98 Å². The van der Waals surface area contributed by atoms with Gasteiger partial charge < -0.3 is 0 Å². The largest absolute Gasteiger partial charge is 0.293 e. The average molecular weight is 296 g/mol. The second-order valence-electron chi connectivity index (χ2n) is 4.72. The number of nitro benzene ring substituents is 1. The number of ketones is 3. The first-order valence-electron chi connectivity index (χ1n) is 6.32. The molecule has 7 nitrogen and oxygen atoms in total. The minimum absolute atomic E-state index is 0.0820. The summed E-state index contributed by atoms with van der Waals surface area (Å²) >= 11 is 0. The number of carbonyl (C=O) groups is 3. The first-order chi connectivity index (χ1) is 10.5. The molecule has 0 saturated heterocycles. The molecule has 1 aliphatic carbocycles. The molecule has 0 amide bonds. The zero-order valence-corrected chi connectivity index (χ0v) is 11.1. The van der Waals surface area contributed by atoms with Crippen molar-refractivity contribution in [3.8, 4) is 0 Å². The van der Waals surface area contributed by atoms with E-state index in [1.54, 1.807) is 0 Å². The van der Waals surface area contributed by atoms with E-state index in [-0.39, 0.29) is 16.7 Å². The number of nitro groups is 1. The minimum Gasteiger partial charge on any atom is -0.293 e. The Bertz CT molecular complexity index is 829. The van der Waals surface area contributed by atoms with Crippen molar-refractivity contribution >= 4 is 23.0 Å². The van der Waals surface area contributed by atoms with Crippen molar-refractivity contribution in [2.45, 2.75) is 0 Å². The van der Waals surface area contributed by atoms with Crippen molar-refractivity contribution in [2.24, 2.45) is 5.92 Å². The van der Waals surface area contributed by atoms with Gasteiger partial charge >= 0.3 is 0 Å². The molecule has 0 spiro atoms. The highest BCUT2D eigenvalue weighted by Gasteiger charge is 2.47. The number of benzene rings is 1. The van der Waals surface area contributed by atoms with E-state index in [9.17, 15) is 24.5 Å². The summed E-state index contributed by atoms with van der Waals surface area (Å²) in [6.07, 6.45) is 2.70. The maximum Gasteiger partial charge on any atom is 0.280 e.